The molecule has 0 spiro atoms. The van der Waals surface area contributed by atoms with Crippen LogP contribution in [0.3, 0.4) is 0 Å². The van der Waals surface area contributed by atoms with Crippen LogP contribution < -0.4 is 0 Å². The van der Waals surface area contributed by atoms with Gasteiger partial charge in [0, 0.05) is 0 Å². The van der Waals surface area contributed by atoms with Crippen LogP contribution in [0.2, 0.25) is 0 Å². The molecular weight excluding hydrogens is 264 g/mol. The summed E-state index contributed by atoms with van der Waals surface area (Å²) in [4.78, 5) is 0. The maximum absolute atomic E-state index is 10.7. The van der Waals surface area contributed by atoms with Gasteiger partial charge in [-0.15, -0.1) is 0 Å². The summed E-state index contributed by atoms with van der Waals surface area (Å²) in [5.41, 5.74) is 0. The first-order valence-electron chi connectivity index (χ1n) is 7.54. The summed E-state index contributed by atoms with van der Waals surface area (Å²) in [6.07, 6.45) is 7.37. The molecule has 4 nitrogen and oxygen atoms in total. The zero-order chi connectivity index (χ0) is 13.6. The normalized spacial score (nSPS) is 42.5. The molecule has 1 unspecified atom stereocenters. The fourth-order valence-electron chi connectivity index (χ4n) is 5.22. The van der Waals surface area contributed by atoms with Crippen LogP contribution in [0.4, 0.5) is 0 Å². The number of aliphatic hydroxyl groups is 1. The van der Waals surface area contributed by atoms with E-state index in [2.05, 4.69) is 0 Å². The Morgan fingerprint density at radius 3 is 2.00 bits per heavy atom. The minimum atomic E-state index is -4.05. The van der Waals surface area contributed by atoms with Crippen molar-refractivity contribution in [2.24, 2.45) is 29.6 Å². The molecule has 4 bridgehead atoms. The van der Waals surface area contributed by atoms with Gasteiger partial charge in [0.15, 0.2) is 0 Å². The second-order valence-electron chi connectivity index (χ2n) is 7.07. The molecule has 4 aliphatic carbocycles. The molecule has 0 radical (unpaired) electrons. The van der Waals surface area contributed by atoms with Crippen molar-refractivity contribution < 1.29 is 18.1 Å². The van der Waals surface area contributed by atoms with Gasteiger partial charge in [-0.25, -0.2) is 0 Å². The highest BCUT2D eigenvalue weighted by Gasteiger charge is 2.47. The van der Waals surface area contributed by atoms with E-state index in [-0.39, 0.29) is 0 Å². The van der Waals surface area contributed by atoms with Crippen LogP contribution in [0, 0.1) is 29.6 Å². The minimum Gasteiger partial charge on any atom is -0.392 e. The highest BCUT2D eigenvalue weighted by Crippen LogP contribution is 2.57. The average Bonchev–Trinajstić information content (AvgIpc) is 2.24. The van der Waals surface area contributed by atoms with Gasteiger partial charge in [-0.1, -0.05) is 0 Å². The predicted molar refractivity (Wildman–Crippen MR) is 72.2 cm³/mol. The molecule has 0 heterocycles. The zero-order valence-corrected chi connectivity index (χ0v) is 12.1. The first-order chi connectivity index (χ1) is 8.90. The molecule has 0 aliphatic heterocycles. The second kappa shape index (κ2) is 5.01. The summed E-state index contributed by atoms with van der Waals surface area (Å²) in [6.45, 7) is 0. The summed E-state index contributed by atoms with van der Waals surface area (Å²) in [5.74, 6) is 3.69. The highest BCUT2D eigenvalue weighted by molar-refractivity contribution is 7.85. The van der Waals surface area contributed by atoms with Crippen molar-refractivity contribution in [2.45, 2.75) is 51.0 Å². The van der Waals surface area contributed by atoms with E-state index in [4.69, 9.17) is 4.55 Å². The molecule has 4 fully saturated rings. The molecule has 5 heteroatoms. The third-order valence-electron chi connectivity index (χ3n) is 5.66. The molecule has 0 aromatic rings. The minimum absolute atomic E-state index is 0.507. The highest BCUT2D eigenvalue weighted by atomic mass is 32.2. The summed E-state index contributed by atoms with van der Waals surface area (Å²) in [5, 5.41) is 9.70. The van der Waals surface area contributed by atoms with E-state index in [1.807, 2.05) is 0 Å². The lowest BCUT2D eigenvalue weighted by atomic mass is 9.51. The number of aliphatic hydroxyl groups excluding tert-OH is 1. The predicted octanol–water partition coefficient (Wildman–Crippen LogP) is 2.09. The van der Waals surface area contributed by atoms with Gasteiger partial charge in [-0.2, -0.15) is 8.42 Å². The van der Waals surface area contributed by atoms with Crippen LogP contribution in [0.1, 0.15) is 44.9 Å². The maximum Gasteiger partial charge on any atom is 0.267 e. The third-order valence-corrected chi connectivity index (χ3v) is 6.46. The Bertz CT molecular complexity index is 403. The molecule has 1 atom stereocenters. The van der Waals surface area contributed by atoms with Gasteiger partial charge in [0.25, 0.3) is 10.1 Å². The van der Waals surface area contributed by atoms with Gasteiger partial charge in [0.2, 0.25) is 0 Å². The molecule has 0 aromatic carbocycles. The molecule has 0 saturated heterocycles. The van der Waals surface area contributed by atoms with E-state index in [1.54, 1.807) is 0 Å². The topological polar surface area (TPSA) is 74.6 Å². The Balaban J connectivity index is 1.53. The van der Waals surface area contributed by atoms with Crippen LogP contribution in [0.25, 0.3) is 0 Å². The van der Waals surface area contributed by atoms with Crippen molar-refractivity contribution in [1.29, 1.82) is 0 Å². The van der Waals surface area contributed by atoms with Crippen molar-refractivity contribution in [2.75, 3.05) is 5.75 Å². The van der Waals surface area contributed by atoms with Crippen molar-refractivity contribution in [3.8, 4) is 0 Å². The van der Waals surface area contributed by atoms with Crippen LogP contribution >= 0.6 is 0 Å². The summed E-state index contributed by atoms with van der Waals surface area (Å²) >= 11 is 0. The monoisotopic (exact) mass is 288 g/mol. The quantitative estimate of drug-likeness (QED) is 0.760. The van der Waals surface area contributed by atoms with E-state index in [0.717, 1.165) is 30.1 Å². The van der Waals surface area contributed by atoms with Crippen molar-refractivity contribution in [1.82, 2.24) is 0 Å². The Morgan fingerprint density at radius 2 is 1.53 bits per heavy atom. The SMILES string of the molecule is O=S(=O)(O)CC(O)CCC1C2CC3CC(C2)CC1C3. The van der Waals surface area contributed by atoms with Crippen LogP contribution in [0.5, 0.6) is 0 Å². The first-order valence-corrected chi connectivity index (χ1v) is 9.15. The molecule has 0 amide bonds. The van der Waals surface area contributed by atoms with E-state index >= 15 is 0 Å². The standard InChI is InChI=1S/C14H24O4S/c15-13(8-19(16,17)18)1-2-14-11-4-9-3-10(6-11)7-12(14)5-9/h9-15H,1-8H2,(H,16,17,18). The molecule has 0 aromatic heterocycles. The Labute approximate surface area is 115 Å². The molecule has 2 N–H and O–H groups in total. The van der Waals surface area contributed by atoms with Gasteiger partial charge in [-0.3, -0.25) is 4.55 Å². The van der Waals surface area contributed by atoms with Crippen molar-refractivity contribution in [3.63, 3.8) is 0 Å². The summed E-state index contributed by atoms with van der Waals surface area (Å²) in [7, 11) is -4.05. The Morgan fingerprint density at radius 1 is 1.00 bits per heavy atom. The molecule has 4 saturated carbocycles. The lowest BCUT2D eigenvalue weighted by Crippen LogP contribution is -2.45. The number of rotatable bonds is 5. The third kappa shape index (κ3) is 3.14. The second-order valence-corrected chi connectivity index (χ2v) is 8.57. The molecule has 4 rings (SSSR count). The van der Waals surface area contributed by atoms with Gasteiger partial charge in [0.05, 0.1) is 6.10 Å². The lowest BCUT2D eigenvalue weighted by Gasteiger charge is -2.54. The zero-order valence-electron chi connectivity index (χ0n) is 11.2. The number of hydrogen-bond donors (Lipinski definition) is 2. The smallest absolute Gasteiger partial charge is 0.267 e. The van der Waals surface area contributed by atoms with Gasteiger partial charge >= 0.3 is 0 Å². The lowest BCUT2D eigenvalue weighted by molar-refractivity contribution is -0.0434. The average molecular weight is 288 g/mol. The molecule has 19 heavy (non-hydrogen) atoms. The molecule has 4 aliphatic rings. The van der Waals surface area contributed by atoms with Gasteiger partial charge in [-0.05, 0) is 74.5 Å². The fraction of sp³-hybridized carbons (Fsp3) is 1.00. The van der Waals surface area contributed by atoms with E-state index in [9.17, 15) is 13.5 Å². The largest absolute Gasteiger partial charge is 0.392 e. The van der Waals surface area contributed by atoms with E-state index in [0.29, 0.717) is 12.3 Å². The Kier molecular flexibility index (Phi) is 3.65. The first kappa shape index (κ1) is 13.8. The molecular formula is C14H24O4S. The van der Waals surface area contributed by atoms with E-state index in [1.165, 1.54) is 32.1 Å². The van der Waals surface area contributed by atoms with Gasteiger partial charge in [0.1, 0.15) is 5.75 Å². The summed E-state index contributed by atoms with van der Waals surface area (Å²) in [6, 6.07) is 0. The van der Waals surface area contributed by atoms with Crippen LogP contribution in [0.15, 0.2) is 0 Å². The molecule has 110 valence electrons. The fourth-order valence-corrected chi connectivity index (χ4v) is 5.87. The number of hydrogen-bond acceptors (Lipinski definition) is 3. The Hall–Kier alpha value is -0.130. The maximum atomic E-state index is 10.7. The van der Waals surface area contributed by atoms with Crippen molar-refractivity contribution >= 4 is 10.1 Å². The van der Waals surface area contributed by atoms with Crippen LogP contribution in [-0.2, 0) is 10.1 Å². The van der Waals surface area contributed by atoms with Crippen LogP contribution in [-0.4, -0.2) is 29.9 Å². The summed E-state index contributed by atoms with van der Waals surface area (Å²) < 4.78 is 30.2. The van der Waals surface area contributed by atoms with E-state index < -0.39 is 22.0 Å². The van der Waals surface area contributed by atoms with Crippen molar-refractivity contribution in [3.05, 3.63) is 0 Å². The van der Waals surface area contributed by atoms with Gasteiger partial charge < -0.3 is 5.11 Å².